The Hall–Kier alpha value is -1.26. The maximum absolute atomic E-state index is 11.8. The largest absolute Gasteiger partial charge is 0.481 e. The highest BCUT2D eigenvalue weighted by atomic mass is 16.4. The van der Waals surface area contributed by atoms with Gasteiger partial charge < -0.3 is 14.9 Å². The minimum atomic E-state index is -0.867. The van der Waals surface area contributed by atoms with E-state index in [9.17, 15) is 9.59 Å². The van der Waals surface area contributed by atoms with Crippen LogP contribution in [0.5, 0.6) is 0 Å². The van der Waals surface area contributed by atoms with Crippen LogP contribution in [0.25, 0.3) is 0 Å². The summed E-state index contributed by atoms with van der Waals surface area (Å²) in [5.74, 6) is -0.867. The quantitative estimate of drug-likeness (QED) is 0.762. The van der Waals surface area contributed by atoms with Crippen LogP contribution in [-0.4, -0.2) is 53.6 Å². The smallest absolute Gasteiger partial charge is 0.319 e. The predicted molar refractivity (Wildman–Crippen MR) is 55.7 cm³/mol. The lowest BCUT2D eigenvalue weighted by Gasteiger charge is -2.30. The van der Waals surface area contributed by atoms with E-state index in [-0.39, 0.29) is 19.0 Å². The van der Waals surface area contributed by atoms with Crippen molar-refractivity contribution in [1.29, 1.82) is 0 Å². The second-order valence-corrected chi connectivity index (χ2v) is 3.90. The molecule has 1 N–H and O–H groups in total. The number of carboxylic acids is 1. The van der Waals surface area contributed by atoms with Crippen molar-refractivity contribution < 1.29 is 14.7 Å². The normalized spacial score (nSPS) is 16.2. The lowest BCUT2D eigenvalue weighted by molar-refractivity contribution is -0.137. The van der Waals surface area contributed by atoms with Crippen LogP contribution in [0.1, 0.15) is 25.7 Å². The summed E-state index contributed by atoms with van der Waals surface area (Å²) in [6.07, 6.45) is 3.30. The Morgan fingerprint density at radius 1 is 1.27 bits per heavy atom. The molecule has 1 aliphatic heterocycles. The predicted octanol–water partition coefficient (Wildman–Crippen LogP) is 0.999. The van der Waals surface area contributed by atoms with Crippen LogP contribution in [0.15, 0.2) is 0 Å². The Bertz CT molecular complexity index is 237. The van der Waals surface area contributed by atoms with Crippen molar-refractivity contribution in [3.8, 4) is 0 Å². The Kier molecular flexibility index (Phi) is 4.39. The fraction of sp³-hybridized carbons (Fsp3) is 0.800. The lowest BCUT2D eigenvalue weighted by atomic mass is 10.1. The van der Waals surface area contributed by atoms with Crippen LogP contribution in [0, 0.1) is 0 Å². The maximum atomic E-state index is 11.8. The summed E-state index contributed by atoms with van der Waals surface area (Å²) in [7, 11) is 1.65. The van der Waals surface area contributed by atoms with Crippen molar-refractivity contribution in [2.75, 3.05) is 26.7 Å². The maximum Gasteiger partial charge on any atom is 0.319 e. The van der Waals surface area contributed by atoms with Crippen LogP contribution in [0.2, 0.25) is 0 Å². The van der Waals surface area contributed by atoms with Gasteiger partial charge in [0.05, 0.1) is 6.42 Å². The summed E-state index contributed by atoms with van der Waals surface area (Å²) in [6.45, 7) is 1.89. The number of nitrogens with zero attached hydrogens (tertiary/aromatic N) is 2. The summed E-state index contributed by atoms with van der Waals surface area (Å²) in [6, 6.07) is -0.0454. The summed E-state index contributed by atoms with van der Waals surface area (Å²) in [4.78, 5) is 25.4. The van der Waals surface area contributed by atoms with Crippen LogP contribution in [0.3, 0.4) is 0 Å². The molecule has 0 unspecified atom stereocenters. The van der Waals surface area contributed by atoms with Gasteiger partial charge in [-0.2, -0.15) is 0 Å². The third-order valence-corrected chi connectivity index (χ3v) is 2.61. The van der Waals surface area contributed by atoms with E-state index in [4.69, 9.17) is 5.11 Å². The molecule has 0 saturated carbocycles. The average molecular weight is 214 g/mol. The van der Waals surface area contributed by atoms with E-state index in [1.165, 1.54) is 11.3 Å². The molecule has 5 nitrogen and oxygen atoms in total. The van der Waals surface area contributed by atoms with E-state index in [1.54, 1.807) is 11.9 Å². The summed E-state index contributed by atoms with van der Waals surface area (Å²) < 4.78 is 0. The first-order valence-electron chi connectivity index (χ1n) is 5.33. The van der Waals surface area contributed by atoms with Gasteiger partial charge in [0.2, 0.25) is 0 Å². The highest BCUT2D eigenvalue weighted by Gasteiger charge is 2.19. The number of urea groups is 1. The van der Waals surface area contributed by atoms with Crippen LogP contribution in [0.4, 0.5) is 4.79 Å². The van der Waals surface area contributed by atoms with Gasteiger partial charge in [0.25, 0.3) is 0 Å². The van der Waals surface area contributed by atoms with Gasteiger partial charge in [-0.05, 0) is 19.3 Å². The first kappa shape index (κ1) is 11.8. The van der Waals surface area contributed by atoms with Crippen molar-refractivity contribution in [2.24, 2.45) is 0 Å². The number of carbonyl (C=O) groups excluding carboxylic acids is 1. The molecule has 0 atom stereocenters. The van der Waals surface area contributed by atoms with E-state index in [1.807, 2.05) is 0 Å². The second kappa shape index (κ2) is 5.58. The number of hydrogen-bond acceptors (Lipinski definition) is 2. The minimum absolute atomic E-state index is 0.01000. The molecule has 0 aromatic carbocycles. The summed E-state index contributed by atoms with van der Waals surface area (Å²) >= 11 is 0. The van der Waals surface area contributed by atoms with E-state index in [0.717, 1.165) is 25.9 Å². The fourth-order valence-corrected chi connectivity index (χ4v) is 1.69. The molecular weight excluding hydrogens is 196 g/mol. The van der Waals surface area contributed by atoms with Gasteiger partial charge in [-0.3, -0.25) is 4.79 Å². The molecule has 0 aliphatic carbocycles. The van der Waals surface area contributed by atoms with E-state index in [2.05, 4.69) is 0 Å². The Labute approximate surface area is 89.7 Å². The van der Waals surface area contributed by atoms with Crippen molar-refractivity contribution in [1.82, 2.24) is 9.80 Å². The molecular formula is C10H18N2O3. The zero-order chi connectivity index (χ0) is 11.3. The molecule has 1 aliphatic rings. The van der Waals surface area contributed by atoms with E-state index >= 15 is 0 Å². The summed E-state index contributed by atoms with van der Waals surface area (Å²) in [5.41, 5.74) is 0. The van der Waals surface area contributed by atoms with Gasteiger partial charge in [-0.25, -0.2) is 4.79 Å². The zero-order valence-corrected chi connectivity index (χ0v) is 9.11. The van der Waals surface area contributed by atoms with Gasteiger partial charge in [0.15, 0.2) is 0 Å². The zero-order valence-electron chi connectivity index (χ0n) is 9.11. The van der Waals surface area contributed by atoms with E-state index < -0.39 is 5.97 Å². The molecule has 15 heavy (non-hydrogen) atoms. The molecule has 1 saturated heterocycles. The molecule has 1 heterocycles. The van der Waals surface area contributed by atoms with Crippen LogP contribution >= 0.6 is 0 Å². The Morgan fingerprint density at radius 3 is 2.40 bits per heavy atom. The molecule has 5 heteroatoms. The van der Waals surface area contributed by atoms with Gasteiger partial charge in [-0.1, -0.05) is 0 Å². The van der Waals surface area contributed by atoms with E-state index in [0.29, 0.717) is 0 Å². The van der Waals surface area contributed by atoms with Crippen molar-refractivity contribution in [3.05, 3.63) is 0 Å². The third kappa shape index (κ3) is 3.77. The first-order valence-corrected chi connectivity index (χ1v) is 5.33. The first-order chi connectivity index (χ1) is 7.11. The Balaban J connectivity index is 2.33. The molecule has 0 radical (unpaired) electrons. The molecule has 1 fully saturated rings. The molecule has 86 valence electrons. The number of rotatable bonds is 3. The number of carbonyl (C=O) groups is 2. The SMILES string of the molecule is CN(CCC(=O)O)C(=O)N1CCCCC1. The fourth-order valence-electron chi connectivity index (χ4n) is 1.69. The van der Waals surface area contributed by atoms with Crippen LogP contribution < -0.4 is 0 Å². The molecule has 0 aromatic heterocycles. The number of aliphatic carboxylic acids is 1. The minimum Gasteiger partial charge on any atom is -0.481 e. The van der Waals surface area contributed by atoms with Gasteiger partial charge in [0, 0.05) is 26.7 Å². The lowest BCUT2D eigenvalue weighted by Crippen LogP contribution is -2.44. The number of amides is 2. The highest BCUT2D eigenvalue weighted by molar-refractivity contribution is 5.75. The molecule has 0 aromatic rings. The monoisotopic (exact) mass is 214 g/mol. The van der Waals surface area contributed by atoms with Gasteiger partial charge >= 0.3 is 12.0 Å². The van der Waals surface area contributed by atoms with Crippen molar-refractivity contribution >= 4 is 12.0 Å². The molecule has 1 rings (SSSR count). The topological polar surface area (TPSA) is 60.9 Å². The van der Waals surface area contributed by atoms with Gasteiger partial charge in [0.1, 0.15) is 0 Å². The number of hydrogen-bond donors (Lipinski definition) is 1. The number of piperidine rings is 1. The van der Waals surface area contributed by atoms with Crippen LogP contribution in [-0.2, 0) is 4.79 Å². The third-order valence-electron chi connectivity index (χ3n) is 2.61. The Morgan fingerprint density at radius 2 is 1.87 bits per heavy atom. The molecule has 2 amide bonds. The molecule has 0 bridgehead atoms. The highest BCUT2D eigenvalue weighted by Crippen LogP contribution is 2.10. The number of likely N-dealkylation sites (tertiary alicyclic amines) is 1. The van der Waals surface area contributed by atoms with Crippen molar-refractivity contribution in [2.45, 2.75) is 25.7 Å². The van der Waals surface area contributed by atoms with Crippen molar-refractivity contribution in [3.63, 3.8) is 0 Å². The molecule has 0 spiro atoms. The average Bonchev–Trinajstić information content (AvgIpc) is 2.26. The van der Waals surface area contributed by atoms with Gasteiger partial charge in [-0.15, -0.1) is 0 Å². The second-order valence-electron chi connectivity index (χ2n) is 3.90. The number of carboxylic acid groups (broad SMARTS) is 1. The summed E-state index contributed by atoms with van der Waals surface area (Å²) in [5, 5.41) is 8.50. The standard InChI is InChI=1S/C10H18N2O3/c1-11(8-5-9(13)14)10(15)12-6-3-2-4-7-12/h2-8H2,1H3,(H,13,14).